The lowest BCUT2D eigenvalue weighted by atomic mass is 10.0. The van der Waals surface area contributed by atoms with Gasteiger partial charge in [0, 0.05) is 33.2 Å². The van der Waals surface area contributed by atoms with Gasteiger partial charge < -0.3 is 9.80 Å². The molecule has 0 spiro atoms. The van der Waals surface area contributed by atoms with Crippen LogP contribution in [0.1, 0.15) is 25.7 Å². The zero-order valence-corrected chi connectivity index (χ0v) is 11.2. The number of hydrogen-bond acceptors (Lipinski definition) is 3. The quantitative estimate of drug-likeness (QED) is 0.723. The van der Waals surface area contributed by atoms with Gasteiger partial charge >= 0.3 is 0 Å². The molecule has 2 rings (SSSR count). The number of likely N-dealkylation sites (tertiary alicyclic amines) is 2. The maximum absolute atomic E-state index is 11.6. The van der Waals surface area contributed by atoms with Crippen molar-refractivity contribution in [3.05, 3.63) is 0 Å². The molecule has 2 saturated heterocycles. The highest BCUT2D eigenvalue weighted by Gasteiger charge is 2.27. The van der Waals surface area contributed by atoms with E-state index in [9.17, 15) is 4.79 Å². The van der Waals surface area contributed by atoms with E-state index in [-0.39, 0.29) is 5.91 Å². The first-order chi connectivity index (χ1) is 8.16. The van der Waals surface area contributed by atoms with E-state index in [0.29, 0.717) is 6.54 Å². The van der Waals surface area contributed by atoms with Gasteiger partial charge in [-0.2, -0.15) is 0 Å². The van der Waals surface area contributed by atoms with Gasteiger partial charge in [-0.25, -0.2) is 0 Å². The van der Waals surface area contributed by atoms with Crippen molar-refractivity contribution in [2.45, 2.75) is 31.7 Å². The van der Waals surface area contributed by atoms with Crippen LogP contribution in [-0.4, -0.2) is 73.5 Å². The third kappa shape index (κ3) is 3.42. The highest BCUT2D eigenvalue weighted by atomic mass is 16.2. The monoisotopic (exact) mass is 239 g/mol. The minimum Gasteiger partial charge on any atom is -0.348 e. The van der Waals surface area contributed by atoms with Gasteiger partial charge in [-0.3, -0.25) is 9.69 Å². The molecule has 0 saturated carbocycles. The molecule has 2 aliphatic rings. The van der Waals surface area contributed by atoms with Crippen molar-refractivity contribution < 1.29 is 4.79 Å². The van der Waals surface area contributed by atoms with Crippen molar-refractivity contribution in [3.63, 3.8) is 0 Å². The zero-order valence-electron chi connectivity index (χ0n) is 11.2. The Morgan fingerprint density at radius 1 is 1.12 bits per heavy atom. The Bertz CT molecular complexity index is 253. The van der Waals surface area contributed by atoms with E-state index < -0.39 is 0 Å². The lowest BCUT2D eigenvalue weighted by molar-refractivity contribution is -0.130. The Balaban J connectivity index is 1.72. The highest BCUT2D eigenvalue weighted by molar-refractivity contribution is 5.77. The van der Waals surface area contributed by atoms with Crippen molar-refractivity contribution in [2.24, 2.45) is 0 Å². The molecule has 0 aliphatic carbocycles. The number of rotatable bonds is 3. The Hall–Kier alpha value is -0.610. The average molecular weight is 239 g/mol. The molecule has 2 heterocycles. The molecule has 17 heavy (non-hydrogen) atoms. The van der Waals surface area contributed by atoms with Crippen LogP contribution in [0.25, 0.3) is 0 Å². The van der Waals surface area contributed by atoms with Crippen LogP contribution >= 0.6 is 0 Å². The number of amides is 1. The SMILES string of the molecule is CN(C)C(=O)CN1CCC(N2CCCC2)CC1. The van der Waals surface area contributed by atoms with E-state index in [0.717, 1.165) is 19.1 Å². The molecule has 4 nitrogen and oxygen atoms in total. The van der Waals surface area contributed by atoms with Gasteiger partial charge in [0.1, 0.15) is 0 Å². The van der Waals surface area contributed by atoms with Crippen LogP contribution in [0.15, 0.2) is 0 Å². The maximum Gasteiger partial charge on any atom is 0.236 e. The van der Waals surface area contributed by atoms with Crippen LogP contribution in [0.5, 0.6) is 0 Å². The first kappa shape index (κ1) is 12.8. The summed E-state index contributed by atoms with van der Waals surface area (Å²) in [6.07, 6.45) is 5.22. The Morgan fingerprint density at radius 2 is 1.71 bits per heavy atom. The second-order valence-corrected chi connectivity index (χ2v) is 5.54. The molecule has 0 N–H and O–H groups in total. The summed E-state index contributed by atoms with van der Waals surface area (Å²) in [5, 5.41) is 0. The van der Waals surface area contributed by atoms with E-state index in [2.05, 4.69) is 9.80 Å². The second-order valence-electron chi connectivity index (χ2n) is 5.54. The summed E-state index contributed by atoms with van der Waals surface area (Å²) in [6.45, 7) is 5.35. The minimum atomic E-state index is 0.227. The average Bonchev–Trinajstić information content (AvgIpc) is 2.83. The lowest BCUT2D eigenvalue weighted by Gasteiger charge is -2.36. The molecule has 0 aromatic heterocycles. The van der Waals surface area contributed by atoms with Crippen LogP contribution in [0.2, 0.25) is 0 Å². The van der Waals surface area contributed by atoms with Crippen molar-refractivity contribution in [2.75, 3.05) is 46.8 Å². The van der Waals surface area contributed by atoms with Gasteiger partial charge in [0.2, 0.25) is 5.91 Å². The molecule has 4 heteroatoms. The van der Waals surface area contributed by atoms with Gasteiger partial charge in [-0.1, -0.05) is 0 Å². The van der Waals surface area contributed by atoms with Crippen LogP contribution < -0.4 is 0 Å². The normalized spacial score (nSPS) is 24.1. The fraction of sp³-hybridized carbons (Fsp3) is 0.923. The summed E-state index contributed by atoms with van der Waals surface area (Å²) in [5.41, 5.74) is 0. The largest absolute Gasteiger partial charge is 0.348 e. The van der Waals surface area contributed by atoms with E-state index in [4.69, 9.17) is 0 Å². The molecule has 2 fully saturated rings. The van der Waals surface area contributed by atoms with E-state index in [1.807, 2.05) is 14.1 Å². The van der Waals surface area contributed by atoms with Crippen LogP contribution in [-0.2, 0) is 4.79 Å². The zero-order chi connectivity index (χ0) is 12.3. The molecule has 0 unspecified atom stereocenters. The molecule has 0 radical (unpaired) electrons. The molecule has 0 bridgehead atoms. The molecule has 0 aromatic carbocycles. The van der Waals surface area contributed by atoms with Crippen LogP contribution in [0, 0.1) is 0 Å². The fourth-order valence-corrected chi connectivity index (χ4v) is 2.88. The van der Waals surface area contributed by atoms with Crippen molar-refractivity contribution >= 4 is 5.91 Å². The lowest BCUT2D eigenvalue weighted by Crippen LogP contribution is -2.46. The smallest absolute Gasteiger partial charge is 0.236 e. The van der Waals surface area contributed by atoms with Crippen LogP contribution in [0.4, 0.5) is 0 Å². The Morgan fingerprint density at radius 3 is 2.24 bits per heavy atom. The van der Waals surface area contributed by atoms with Crippen molar-refractivity contribution in [1.29, 1.82) is 0 Å². The van der Waals surface area contributed by atoms with Gasteiger partial charge in [0.15, 0.2) is 0 Å². The second kappa shape index (κ2) is 5.83. The maximum atomic E-state index is 11.6. The topological polar surface area (TPSA) is 26.8 Å². The highest BCUT2D eigenvalue weighted by Crippen LogP contribution is 2.20. The Kier molecular flexibility index (Phi) is 4.40. The van der Waals surface area contributed by atoms with Crippen LogP contribution in [0.3, 0.4) is 0 Å². The first-order valence-electron chi connectivity index (χ1n) is 6.83. The van der Waals surface area contributed by atoms with Gasteiger partial charge in [-0.15, -0.1) is 0 Å². The third-order valence-electron chi connectivity index (χ3n) is 4.07. The number of likely N-dealkylation sites (N-methyl/N-ethyl adjacent to an activating group) is 1. The van der Waals surface area contributed by atoms with Gasteiger partial charge in [0.25, 0.3) is 0 Å². The molecular weight excluding hydrogens is 214 g/mol. The number of carbonyl (C=O) groups excluding carboxylic acids is 1. The number of carbonyl (C=O) groups is 1. The number of hydrogen-bond donors (Lipinski definition) is 0. The first-order valence-corrected chi connectivity index (χ1v) is 6.83. The van der Waals surface area contributed by atoms with E-state index in [1.54, 1.807) is 4.90 Å². The predicted octanol–water partition coefficient (Wildman–Crippen LogP) is 0.635. The van der Waals surface area contributed by atoms with E-state index in [1.165, 1.54) is 38.8 Å². The fourth-order valence-electron chi connectivity index (χ4n) is 2.88. The predicted molar refractivity (Wildman–Crippen MR) is 69.0 cm³/mol. The summed E-state index contributed by atoms with van der Waals surface area (Å²) < 4.78 is 0. The molecule has 0 aromatic rings. The summed E-state index contributed by atoms with van der Waals surface area (Å²) in [7, 11) is 3.67. The molecule has 2 aliphatic heterocycles. The number of nitrogens with zero attached hydrogens (tertiary/aromatic N) is 3. The number of piperidine rings is 1. The summed E-state index contributed by atoms with van der Waals surface area (Å²) in [5.74, 6) is 0.227. The summed E-state index contributed by atoms with van der Waals surface area (Å²) in [6, 6.07) is 0.781. The molecule has 0 atom stereocenters. The van der Waals surface area contributed by atoms with Gasteiger partial charge in [-0.05, 0) is 38.8 Å². The summed E-state index contributed by atoms with van der Waals surface area (Å²) >= 11 is 0. The standard InChI is InChI=1S/C13H25N3O/c1-14(2)13(17)11-15-9-5-12(6-10-15)16-7-3-4-8-16/h12H,3-11H2,1-2H3. The Labute approximate surface area is 105 Å². The summed E-state index contributed by atoms with van der Waals surface area (Å²) in [4.78, 5) is 18.3. The third-order valence-corrected chi connectivity index (χ3v) is 4.07. The van der Waals surface area contributed by atoms with Crippen molar-refractivity contribution in [3.8, 4) is 0 Å². The van der Waals surface area contributed by atoms with Gasteiger partial charge in [0.05, 0.1) is 6.54 Å². The van der Waals surface area contributed by atoms with Crippen molar-refractivity contribution in [1.82, 2.24) is 14.7 Å². The molecule has 98 valence electrons. The molecular formula is C13H25N3O. The molecule has 1 amide bonds. The van der Waals surface area contributed by atoms with E-state index >= 15 is 0 Å². The minimum absolute atomic E-state index is 0.227.